The van der Waals surface area contributed by atoms with Crippen LogP contribution in [0.3, 0.4) is 0 Å². The van der Waals surface area contributed by atoms with Gasteiger partial charge in [-0.3, -0.25) is 14.3 Å². The molecule has 0 bridgehead atoms. The molecule has 1 atom stereocenters. The minimum atomic E-state index is -4.56. The molecule has 2 heterocycles. The van der Waals surface area contributed by atoms with E-state index in [4.69, 9.17) is 16.7 Å². The SMILES string of the molecule is O=C(O)CC(O)CNC1=NC(=O)/C(=C/c2ccc3c(cnn3Cc3ccc(Cl)cc3C(F)(F)F)c2)S1. The van der Waals surface area contributed by atoms with Gasteiger partial charge in [0.1, 0.15) is 0 Å². The molecule has 1 aromatic heterocycles. The fourth-order valence-electron chi connectivity index (χ4n) is 3.55. The summed E-state index contributed by atoms with van der Waals surface area (Å²) >= 11 is 6.80. The number of carboxylic acid groups (broad SMARTS) is 1. The molecule has 1 unspecified atom stereocenters. The van der Waals surface area contributed by atoms with Crippen molar-refractivity contribution < 1.29 is 33.0 Å². The summed E-state index contributed by atoms with van der Waals surface area (Å²) in [5.41, 5.74) is 0.470. The Hall–Kier alpha value is -3.35. The Balaban J connectivity index is 1.49. The van der Waals surface area contributed by atoms with Crippen LogP contribution in [-0.4, -0.2) is 49.7 Å². The van der Waals surface area contributed by atoms with Crippen molar-refractivity contribution >= 4 is 57.4 Å². The van der Waals surface area contributed by atoms with Crippen molar-refractivity contribution in [2.45, 2.75) is 25.2 Å². The van der Waals surface area contributed by atoms with Crippen LogP contribution in [0.15, 0.2) is 52.5 Å². The lowest BCUT2D eigenvalue weighted by Crippen LogP contribution is -2.31. The van der Waals surface area contributed by atoms with E-state index in [9.17, 15) is 27.9 Å². The number of carbonyl (C=O) groups is 2. The number of carbonyl (C=O) groups excluding carboxylic acids is 1. The summed E-state index contributed by atoms with van der Waals surface area (Å²) in [4.78, 5) is 27.0. The molecule has 0 radical (unpaired) electrons. The van der Waals surface area contributed by atoms with E-state index in [1.54, 1.807) is 24.3 Å². The van der Waals surface area contributed by atoms with Crippen LogP contribution in [0.2, 0.25) is 5.02 Å². The maximum atomic E-state index is 13.4. The van der Waals surface area contributed by atoms with Gasteiger partial charge in [-0.25, -0.2) is 0 Å². The second kappa shape index (κ2) is 10.3. The zero-order valence-corrected chi connectivity index (χ0v) is 19.9. The lowest BCUT2D eigenvalue weighted by atomic mass is 10.1. The van der Waals surface area contributed by atoms with Crippen molar-refractivity contribution in [1.82, 2.24) is 15.1 Å². The molecule has 3 N–H and O–H groups in total. The number of aliphatic hydroxyl groups is 1. The number of hydrogen-bond donors (Lipinski definition) is 3. The molecule has 8 nitrogen and oxygen atoms in total. The third-order valence-electron chi connectivity index (χ3n) is 5.18. The molecule has 0 saturated heterocycles. The van der Waals surface area contributed by atoms with Gasteiger partial charge in [0.05, 0.1) is 41.3 Å². The van der Waals surface area contributed by atoms with Crippen molar-refractivity contribution in [3.05, 3.63) is 69.2 Å². The van der Waals surface area contributed by atoms with Gasteiger partial charge in [-0.1, -0.05) is 23.7 Å². The average Bonchev–Trinajstić information content (AvgIpc) is 3.35. The second-order valence-corrected chi connectivity index (χ2v) is 9.35. The van der Waals surface area contributed by atoms with Gasteiger partial charge in [-0.2, -0.15) is 23.3 Å². The van der Waals surface area contributed by atoms with E-state index in [1.165, 1.54) is 23.0 Å². The van der Waals surface area contributed by atoms with Crippen LogP contribution in [0.4, 0.5) is 13.2 Å². The Kier molecular flexibility index (Phi) is 7.38. The number of rotatable bonds is 7. The molecule has 1 amide bonds. The molecule has 3 aromatic rings. The maximum Gasteiger partial charge on any atom is 0.416 e. The highest BCUT2D eigenvalue weighted by Gasteiger charge is 2.33. The van der Waals surface area contributed by atoms with E-state index in [2.05, 4.69) is 15.4 Å². The largest absolute Gasteiger partial charge is 0.481 e. The predicted molar refractivity (Wildman–Crippen MR) is 130 cm³/mol. The van der Waals surface area contributed by atoms with Gasteiger partial charge in [0.15, 0.2) is 5.17 Å². The summed E-state index contributed by atoms with van der Waals surface area (Å²) in [6.45, 7) is -0.186. The molecular weight excluding hydrogens is 521 g/mol. The second-order valence-electron chi connectivity index (χ2n) is 7.89. The van der Waals surface area contributed by atoms with E-state index >= 15 is 0 Å². The summed E-state index contributed by atoms with van der Waals surface area (Å²) in [5, 5.41) is 26.2. The van der Waals surface area contributed by atoms with Gasteiger partial charge in [-0.05, 0) is 53.2 Å². The summed E-state index contributed by atoms with van der Waals surface area (Å²) in [5.74, 6) is -1.64. The molecule has 0 fully saturated rings. The number of benzene rings is 2. The van der Waals surface area contributed by atoms with Crippen LogP contribution in [0, 0.1) is 0 Å². The van der Waals surface area contributed by atoms with Crippen molar-refractivity contribution in [3.63, 3.8) is 0 Å². The Morgan fingerprint density at radius 3 is 2.75 bits per heavy atom. The molecule has 0 saturated carbocycles. The molecular formula is C23H18ClF3N4O4S. The number of halogens is 4. The summed E-state index contributed by atoms with van der Waals surface area (Å²) in [7, 11) is 0. The normalized spacial score (nSPS) is 16.0. The zero-order valence-electron chi connectivity index (χ0n) is 18.3. The van der Waals surface area contributed by atoms with Crippen LogP contribution >= 0.6 is 23.4 Å². The van der Waals surface area contributed by atoms with E-state index in [0.717, 1.165) is 17.8 Å². The van der Waals surface area contributed by atoms with Crippen molar-refractivity contribution in [2.24, 2.45) is 4.99 Å². The highest BCUT2D eigenvalue weighted by Crippen LogP contribution is 2.34. The monoisotopic (exact) mass is 538 g/mol. The number of nitrogens with zero attached hydrogens (tertiary/aromatic N) is 3. The summed E-state index contributed by atoms with van der Waals surface area (Å²) in [6, 6.07) is 8.76. The lowest BCUT2D eigenvalue weighted by Gasteiger charge is -2.14. The maximum absolute atomic E-state index is 13.4. The molecule has 2 aromatic carbocycles. The van der Waals surface area contributed by atoms with E-state index < -0.39 is 36.1 Å². The van der Waals surface area contributed by atoms with Gasteiger partial charge in [0, 0.05) is 17.0 Å². The molecule has 13 heteroatoms. The Bertz CT molecular complexity index is 1400. The standard InChI is InChI=1S/C23H18ClF3N4O4S/c24-15-3-2-13(17(7-15)23(25,26)27)11-31-18-4-1-12(5-14(18)9-29-31)6-19-21(35)30-22(36-19)28-10-16(32)8-20(33)34/h1-7,9,16,32H,8,10-11H2,(H,33,34)(H,28,30,35)/b19-6-. The lowest BCUT2D eigenvalue weighted by molar-refractivity contribution is -0.139. The molecule has 1 aliphatic heterocycles. The van der Waals surface area contributed by atoms with Gasteiger partial charge >= 0.3 is 12.1 Å². The Morgan fingerprint density at radius 1 is 1.25 bits per heavy atom. The van der Waals surface area contributed by atoms with Crippen LogP contribution in [0.5, 0.6) is 0 Å². The number of aliphatic imine (C=N–C) groups is 1. The van der Waals surface area contributed by atoms with Gasteiger partial charge in [-0.15, -0.1) is 0 Å². The van der Waals surface area contributed by atoms with Crippen LogP contribution in [0.1, 0.15) is 23.1 Å². The topological polar surface area (TPSA) is 117 Å². The minimum absolute atomic E-state index is 0.00724. The van der Waals surface area contributed by atoms with Crippen molar-refractivity contribution in [2.75, 3.05) is 6.54 Å². The van der Waals surface area contributed by atoms with Crippen LogP contribution < -0.4 is 5.32 Å². The Morgan fingerprint density at radius 2 is 2.03 bits per heavy atom. The quantitative estimate of drug-likeness (QED) is 0.387. The third-order valence-corrected chi connectivity index (χ3v) is 6.36. The van der Waals surface area contributed by atoms with Gasteiger partial charge < -0.3 is 15.5 Å². The first-order chi connectivity index (χ1) is 17.0. The van der Waals surface area contributed by atoms with Gasteiger partial charge in [0.2, 0.25) is 0 Å². The van der Waals surface area contributed by atoms with Crippen LogP contribution in [0.25, 0.3) is 17.0 Å². The van der Waals surface area contributed by atoms with Crippen molar-refractivity contribution in [1.29, 1.82) is 0 Å². The average molecular weight is 539 g/mol. The molecule has 1 aliphatic rings. The first-order valence-corrected chi connectivity index (χ1v) is 11.7. The number of carboxylic acids is 1. The number of aromatic nitrogens is 2. The first kappa shape index (κ1) is 25.7. The third kappa shape index (κ3) is 6.07. The van der Waals surface area contributed by atoms with Crippen LogP contribution in [-0.2, 0) is 22.3 Å². The summed E-state index contributed by atoms with van der Waals surface area (Å²) < 4.78 is 41.8. The molecule has 0 spiro atoms. The highest BCUT2D eigenvalue weighted by atomic mass is 35.5. The zero-order chi connectivity index (χ0) is 26.0. The number of hydrogen-bond acceptors (Lipinski definition) is 6. The molecule has 36 heavy (non-hydrogen) atoms. The van der Waals surface area contributed by atoms with E-state index in [1.807, 2.05) is 0 Å². The number of aliphatic carboxylic acids is 1. The molecule has 0 aliphatic carbocycles. The molecule has 188 valence electrons. The number of alkyl halides is 3. The predicted octanol–water partition coefficient (Wildman–Crippen LogP) is 4.15. The first-order valence-electron chi connectivity index (χ1n) is 10.5. The number of fused-ring (bicyclic) bond motifs is 1. The minimum Gasteiger partial charge on any atom is -0.481 e. The van der Waals surface area contributed by atoms with Gasteiger partial charge in [0.25, 0.3) is 5.91 Å². The number of nitrogens with one attached hydrogen (secondary N) is 1. The van der Waals surface area contributed by atoms with E-state index in [-0.39, 0.29) is 28.8 Å². The van der Waals surface area contributed by atoms with E-state index in [0.29, 0.717) is 21.4 Å². The number of amides is 1. The fraction of sp³-hybridized carbons (Fsp3) is 0.217. The number of aliphatic hydroxyl groups excluding tert-OH is 1. The number of amidine groups is 1. The highest BCUT2D eigenvalue weighted by molar-refractivity contribution is 8.18. The fourth-order valence-corrected chi connectivity index (χ4v) is 4.54. The number of thioether (sulfide) groups is 1. The Labute approximate surface area is 211 Å². The smallest absolute Gasteiger partial charge is 0.416 e. The summed E-state index contributed by atoms with van der Waals surface area (Å²) in [6.07, 6.45) is -3.00. The van der Waals surface area contributed by atoms with Crippen molar-refractivity contribution in [3.8, 4) is 0 Å². The molecule has 4 rings (SSSR count).